The fourth-order valence-electron chi connectivity index (χ4n) is 1.38. The summed E-state index contributed by atoms with van der Waals surface area (Å²) in [5.41, 5.74) is 0.389. The molecule has 0 amide bonds. The fraction of sp³-hybridized carbons (Fsp3) is 0.400. The summed E-state index contributed by atoms with van der Waals surface area (Å²) in [5, 5.41) is 0. The Morgan fingerprint density at radius 2 is 1.64 bits per heavy atom. The van der Waals surface area contributed by atoms with Gasteiger partial charge in [-0.3, -0.25) is 0 Å². The maximum atomic E-state index is 11.1. The molecule has 0 bridgehead atoms. The number of hydrogen-bond donors (Lipinski definition) is 1. The summed E-state index contributed by atoms with van der Waals surface area (Å²) in [6, 6.07) is 9.48. The van der Waals surface area contributed by atoms with Crippen molar-refractivity contribution >= 4 is 10.0 Å². The standard InChI is InChI=1S/C10H15NO2S/c1-10(2,11-14(3,12)13)9-7-5-4-6-8-9/h4-8,11H,1-3H3. The Kier molecular flexibility index (Phi) is 2.97. The third kappa shape index (κ3) is 3.12. The van der Waals surface area contributed by atoms with Gasteiger partial charge in [-0.05, 0) is 19.4 Å². The molecule has 0 spiro atoms. The highest BCUT2D eigenvalue weighted by molar-refractivity contribution is 7.88. The Morgan fingerprint density at radius 3 is 2.07 bits per heavy atom. The zero-order valence-corrected chi connectivity index (χ0v) is 9.43. The molecule has 4 heteroatoms. The molecule has 0 radical (unpaired) electrons. The molecule has 0 aliphatic carbocycles. The van der Waals surface area contributed by atoms with Gasteiger partial charge in [0.25, 0.3) is 0 Å². The number of benzene rings is 1. The van der Waals surface area contributed by atoms with Crippen molar-refractivity contribution in [2.75, 3.05) is 6.26 Å². The van der Waals surface area contributed by atoms with Crippen LogP contribution in [0.2, 0.25) is 0 Å². The lowest BCUT2D eigenvalue weighted by atomic mass is 9.96. The molecule has 0 atom stereocenters. The van der Waals surface area contributed by atoms with E-state index in [9.17, 15) is 8.42 Å². The van der Waals surface area contributed by atoms with Crippen LogP contribution in [-0.2, 0) is 15.6 Å². The van der Waals surface area contributed by atoms with E-state index in [2.05, 4.69) is 4.72 Å². The topological polar surface area (TPSA) is 46.2 Å². The normalized spacial score (nSPS) is 12.8. The van der Waals surface area contributed by atoms with Crippen molar-refractivity contribution in [1.29, 1.82) is 0 Å². The Morgan fingerprint density at radius 1 is 1.14 bits per heavy atom. The molecule has 0 fully saturated rings. The van der Waals surface area contributed by atoms with Crippen molar-refractivity contribution in [1.82, 2.24) is 4.72 Å². The minimum absolute atomic E-state index is 0.561. The largest absolute Gasteiger partial charge is 0.213 e. The molecule has 0 aliphatic rings. The molecule has 0 unspecified atom stereocenters. The monoisotopic (exact) mass is 213 g/mol. The van der Waals surface area contributed by atoms with E-state index in [1.54, 1.807) is 0 Å². The first-order chi connectivity index (χ1) is 6.31. The maximum absolute atomic E-state index is 11.1. The molecule has 3 nitrogen and oxygen atoms in total. The number of hydrogen-bond acceptors (Lipinski definition) is 2. The van der Waals surface area contributed by atoms with E-state index in [0.29, 0.717) is 0 Å². The average molecular weight is 213 g/mol. The molecule has 78 valence electrons. The average Bonchev–Trinajstić information content (AvgIpc) is 2.01. The van der Waals surface area contributed by atoms with Crippen molar-refractivity contribution in [2.24, 2.45) is 0 Å². The first-order valence-corrected chi connectivity index (χ1v) is 6.25. The van der Waals surface area contributed by atoms with Gasteiger partial charge >= 0.3 is 0 Å². The highest BCUT2D eigenvalue weighted by Gasteiger charge is 2.23. The summed E-state index contributed by atoms with van der Waals surface area (Å²) in [6.07, 6.45) is 1.16. The summed E-state index contributed by atoms with van der Waals surface area (Å²) in [5.74, 6) is 0. The molecule has 14 heavy (non-hydrogen) atoms. The molecule has 0 saturated heterocycles. The van der Waals surface area contributed by atoms with Crippen molar-refractivity contribution < 1.29 is 8.42 Å². The minimum atomic E-state index is -3.18. The summed E-state index contributed by atoms with van der Waals surface area (Å²) >= 11 is 0. The highest BCUT2D eigenvalue weighted by atomic mass is 32.2. The Bertz CT molecular complexity index is 395. The van der Waals surface area contributed by atoms with Crippen molar-refractivity contribution in [2.45, 2.75) is 19.4 Å². The van der Waals surface area contributed by atoms with Crippen LogP contribution in [0.5, 0.6) is 0 Å². The number of rotatable bonds is 3. The predicted molar refractivity (Wildman–Crippen MR) is 57.4 cm³/mol. The van der Waals surface area contributed by atoms with E-state index in [0.717, 1.165) is 11.8 Å². The van der Waals surface area contributed by atoms with Gasteiger partial charge < -0.3 is 0 Å². The van der Waals surface area contributed by atoms with E-state index in [1.165, 1.54) is 0 Å². The van der Waals surface area contributed by atoms with Crippen LogP contribution in [-0.4, -0.2) is 14.7 Å². The summed E-state index contributed by atoms with van der Waals surface area (Å²) in [4.78, 5) is 0. The first-order valence-electron chi connectivity index (χ1n) is 4.36. The zero-order valence-electron chi connectivity index (χ0n) is 8.61. The van der Waals surface area contributed by atoms with Gasteiger partial charge in [0.05, 0.1) is 11.8 Å². The lowest BCUT2D eigenvalue weighted by Gasteiger charge is -2.25. The Hall–Kier alpha value is -0.870. The second-order valence-corrected chi connectivity index (χ2v) is 5.61. The fourth-order valence-corrected chi connectivity index (χ4v) is 2.42. The van der Waals surface area contributed by atoms with E-state index in [1.807, 2.05) is 44.2 Å². The van der Waals surface area contributed by atoms with Crippen LogP contribution in [0.3, 0.4) is 0 Å². The molecule has 1 aromatic carbocycles. The second kappa shape index (κ2) is 3.71. The zero-order chi connectivity index (χ0) is 10.8. The van der Waals surface area contributed by atoms with Gasteiger partial charge in [-0.2, -0.15) is 0 Å². The third-order valence-corrected chi connectivity index (χ3v) is 2.82. The molecule has 1 aromatic rings. The van der Waals surface area contributed by atoms with E-state index >= 15 is 0 Å². The molecule has 1 N–H and O–H groups in total. The molecular formula is C10H15NO2S. The van der Waals surface area contributed by atoms with Crippen LogP contribution in [0.4, 0.5) is 0 Å². The van der Waals surface area contributed by atoms with Gasteiger partial charge in [0.15, 0.2) is 0 Å². The van der Waals surface area contributed by atoms with Crippen LogP contribution in [0, 0.1) is 0 Å². The number of sulfonamides is 1. The summed E-state index contributed by atoms with van der Waals surface area (Å²) in [6.45, 7) is 3.67. The lowest BCUT2D eigenvalue weighted by Crippen LogP contribution is -2.40. The van der Waals surface area contributed by atoms with Gasteiger partial charge in [-0.25, -0.2) is 13.1 Å². The van der Waals surface area contributed by atoms with Gasteiger partial charge in [-0.1, -0.05) is 30.3 Å². The van der Waals surface area contributed by atoms with Crippen LogP contribution in [0.1, 0.15) is 19.4 Å². The van der Waals surface area contributed by atoms with Crippen LogP contribution in [0.15, 0.2) is 30.3 Å². The van der Waals surface area contributed by atoms with Crippen molar-refractivity contribution in [3.05, 3.63) is 35.9 Å². The third-order valence-electron chi connectivity index (χ3n) is 1.94. The first kappa shape index (κ1) is 11.2. The molecule has 1 rings (SSSR count). The molecule has 0 saturated carbocycles. The van der Waals surface area contributed by atoms with Crippen LogP contribution >= 0.6 is 0 Å². The number of nitrogens with one attached hydrogen (secondary N) is 1. The molecule has 0 heterocycles. The molecule has 0 aliphatic heterocycles. The van der Waals surface area contributed by atoms with Crippen LogP contribution < -0.4 is 4.72 Å². The van der Waals surface area contributed by atoms with E-state index in [-0.39, 0.29) is 0 Å². The summed E-state index contributed by atoms with van der Waals surface area (Å²) in [7, 11) is -3.18. The summed E-state index contributed by atoms with van der Waals surface area (Å²) < 4.78 is 24.8. The SMILES string of the molecule is CC(C)(NS(C)(=O)=O)c1ccccc1. The van der Waals surface area contributed by atoms with Crippen molar-refractivity contribution in [3.63, 3.8) is 0 Å². The lowest BCUT2D eigenvalue weighted by molar-refractivity contribution is 0.475. The maximum Gasteiger partial charge on any atom is 0.209 e. The highest BCUT2D eigenvalue weighted by Crippen LogP contribution is 2.19. The Labute approximate surface area is 85.2 Å². The molecular weight excluding hydrogens is 198 g/mol. The van der Waals surface area contributed by atoms with Gasteiger partial charge in [-0.15, -0.1) is 0 Å². The van der Waals surface area contributed by atoms with E-state index in [4.69, 9.17) is 0 Å². The minimum Gasteiger partial charge on any atom is -0.213 e. The van der Waals surface area contributed by atoms with Crippen LogP contribution in [0.25, 0.3) is 0 Å². The quantitative estimate of drug-likeness (QED) is 0.826. The van der Waals surface area contributed by atoms with E-state index < -0.39 is 15.6 Å². The smallest absolute Gasteiger partial charge is 0.209 e. The predicted octanol–water partition coefficient (Wildman–Crippen LogP) is 1.47. The van der Waals surface area contributed by atoms with Gasteiger partial charge in [0.1, 0.15) is 0 Å². The van der Waals surface area contributed by atoms with Gasteiger partial charge in [0.2, 0.25) is 10.0 Å². The Balaban J connectivity index is 2.97. The van der Waals surface area contributed by atoms with Gasteiger partial charge in [0, 0.05) is 0 Å². The van der Waals surface area contributed by atoms with Crippen molar-refractivity contribution in [3.8, 4) is 0 Å². The second-order valence-electron chi connectivity index (χ2n) is 3.87. The molecule has 0 aromatic heterocycles.